The number of fused-ring (bicyclic) bond motifs is 1. The highest BCUT2D eigenvalue weighted by atomic mass is 35.5. The number of amides is 1. The summed E-state index contributed by atoms with van der Waals surface area (Å²) >= 11 is 12.2. The Hall–Kier alpha value is -1.75. The van der Waals surface area contributed by atoms with Crippen molar-refractivity contribution in [1.82, 2.24) is 4.90 Å². The molecule has 2 aromatic carbocycles. The van der Waals surface area contributed by atoms with Crippen molar-refractivity contribution in [3.05, 3.63) is 58.1 Å². The van der Waals surface area contributed by atoms with E-state index in [1.807, 2.05) is 35.2 Å². The molecule has 2 unspecified atom stereocenters. The molecule has 0 N–H and O–H groups in total. The maximum absolute atomic E-state index is 13.1. The molecule has 2 atom stereocenters. The van der Waals surface area contributed by atoms with Crippen LogP contribution in [0.5, 0.6) is 5.75 Å². The highest BCUT2D eigenvalue weighted by Crippen LogP contribution is 2.43. The normalized spacial score (nSPS) is 23.2. The number of carbonyl (C=O) groups excluding carboxylic acids is 1. The Morgan fingerprint density at radius 3 is 2.52 bits per heavy atom. The maximum atomic E-state index is 13.1. The van der Waals surface area contributed by atoms with Gasteiger partial charge in [0.25, 0.3) is 0 Å². The summed E-state index contributed by atoms with van der Waals surface area (Å²) in [6, 6.07) is 13.2. The minimum Gasteiger partial charge on any atom is -0.497 e. The van der Waals surface area contributed by atoms with Crippen LogP contribution in [0.4, 0.5) is 5.69 Å². The van der Waals surface area contributed by atoms with E-state index in [0.717, 1.165) is 36.4 Å². The van der Waals surface area contributed by atoms with Gasteiger partial charge in [0, 0.05) is 12.2 Å². The van der Waals surface area contributed by atoms with Crippen LogP contribution in [-0.4, -0.2) is 30.5 Å². The molecule has 0 bridgehead atoms. The van der Waals surface area contributed by atoms with Gasteiger partial charge in [-0.25, -0.2) is 0 Å². The van der Waals surface area contributed by atoms with Gasteiger partial charge in [0.15, 0.2) is 0 Å². The summed E-state index contributed by atoms with van der Waals surface area (Å²) in [5, 5.41) is 0.936. The van der Waals surface area contributed by atoms with Crippen molar-refractivity contribution in [3.8, 4) is 5.75 Å². The summed E-state index contributed by atoms with van der Waals surface area (Å²) in [6.07, 6.45) is 1.80. The molecule has 0 radical (unpaired) electrons. The Morgan fingerprint density at radius 2 is 1.84 bits per heavy atom. The van der Waals surface area contributed by atoms with Gasteiger partial charge in [-0.3, -0.25) is 14.6 Å². The van der Waals surface area contributed by atoms with Crippen LogP contribution in [-0.2, 0) is 4.79 Å². The van der Waals surface area contributed by atoms with Crippen molar-refractivity contribution >= 4 is 34.8 Å². The molecule has 25 heavy (non-hydrogen) atoms. The van der Waals surface area contributed by atoms with Gasteiger partial charge in [0.1, 0.15) is 11.9 Å². The number of carbonyl (C=O) groups is 1. The number of hydrogen-bond donors (Lipinski definition) is 0. The van der Waals surface area contributed by atoms with Gasteiger partial charge in [-0.05, 0) is 48.7 Å². The zero-order valence-electron chi connectivity index (χ0n) is 13.8. The Labute approximate surface area is 156 Å². The summed E-state index contributed by atoms with van der Waals surface area (Å²) in [6.45, 7) is 0.908. The molecule has 6 heteroatoms. The molecular weight excluding hydrogens is 359 g/mol. The first kappa shape index (κ1) is 16.7. The van der Waals surface area contributed by atoms with Gasteiger partial charge in [-0.1, -0.05) is 35.3 Å². The third-order valence-corrected chi connectivity index (χ3v) is 5.71. The van der Waals surface area contributed by atoms with Crippen LogP contribution in [0, 0.1) is 0 Å². The molecule has 4 rings (SSSR count). The van der Waals surface area contributed by atoms with Gasteiger partial charge in [0.2, 0.25) is 5.91 Å². The lowest BCUT2D eigenvalue weighted by molar-refractivity contribution is -0.119. The Morgan fingerprint density at radius 1 is 1.08 bits per heavy atom. The highest BCUT2D eigenvalue weighted by Gasteiger charge is 2.49. The lowest BCUT2D eigenvalue weighted by Gasteiger charge is -2.30. The number of benzene rings is 2. The summed E-state index contributed by atoms with van der Waals surface area (Å²) in [4.78, 5) is 17.2. The third kappa shape index (κ3) is 2.78. The topological polar surface area (TPSA) is 32.8 Å². The molecule has 0 aromatic heterocycles. The largest absolute Gasteiger partial charge is 0.497 e. The Balaban J connectivity index is 1.78. The van der Waals surface area contributed by atoms with E-state index in [9.17, 15) is 4.79 Å². The minimum absolute atomic E-state index is 0.0680. The SMILES string of the molecule is COc1ccc(C2N(c3ccc(Cl)c(Cl)c3)C(=O)C3CCCN32)cc1. The molecule has 2 aromatic rings. The first-order valence-corrected chi connectivity index (χ1v) is 9.03. The van der Waals surface area contributed by atoms with Crippen LogP contribution in [0.15, 0.2) is 42.5 Å². The monoisotopic (exact) mass is 376 g/mol. The van der Waals surface area contributed by atoms with Crippen molar-refractivity contribution in [1.29, 1.82) is 0 Å². The zero-order valence-corrected chi connectivity index (χ0v) is 15.3. The second-order valence-electron chi connectivity index (χ2n) is 6.35. The smallest absolute Gasteiger partial charge is 0.246 e. The van der Waals surface area contributed by atoms with E-state index < -0.39 is 0 Å². The molecule has 4 nitrogen and oxygen atoms in total. The minimum atomic E-state index is -0.136. The molecule has 130 valence electrons. The standard InChI is InChI=1S/C19H18Cl2N2O2/c1-25-14-7-4-12(5-8-14)18-22-10-2-3-17(22)19(24)23(18)13-6-9-15(20)16(21)11-13/h4-9,11,17-18H,2-3,10H2,1H3. The maximum Gasteiger partial charge on any atom is 0.246 e. The fraction of sp³-hybridized carbons (Fsp3) is 0.316. The van der Waals surface area contributed by atoms with E-state index in [1.54, 1.807) is 19.2 Å². The second kappa shape index (κ2) is 6.52. The predicted octanol–water partition coefficient (Wildman–Crippen LogP) is 4.51. The van der Waals surface area contributed by atoms with Gasteiger partial charge in [0.05, 0.1) is 23.2 Å². The average molecular weight is 377 g/mol. The number of methoxy groups -OCH3 is 1. The number of anilines is 1. The predicted molar refractivity (Wildman–Crippen MR) is 99.4 cm³/mol. The van der Waals surface area contributed by atoms with Crippen LogP contribution in [0.25, 0.3) is 0 Å². The molecule has 0 saturated carbocycles. The molecule has 2 fully saturated rings. The van der Waals surface area contributed by atoms with Crippen LogP contribution < -0.4 is 9.64 Å². The van der Waals surface area contributed by atoms with Gasteiger partial charge < -0.3 is 4.74 Å². The molecule has 0 spiro atoms. The van der Waals surface area contributed by atoms with Crippen molar-refractivity contribution in [2.24, 2.45) is 0 Å². The molecule has 1 amide bonds. The van der Waals surface area contributed by atoms with E-state index in [2.05, 4.69) is 4.90 Å². The van der Waals surface area contributed by atoms with E-state index in [-0.39, 0.29) is 18.1 Å². The van der Waals surface area contributed by atoms with Crippen LogP contribution >= 0.6 is 23.2 Å². The summed E-state index contributed by atoms with van der Waals surface area (Å²) < 4.78 is 5.25. The van der Waals surface area contributed by atoms with E-state index in [0.29, 0.717) is 10.0 Å². The van der Waals surface area contributed by atoms with Crippen LogP contribution in [0.1, 0.15) is 24.6 Å². The van der Waals surface area contributed by atoms with Gasteiger partial charge in [-0.15, -0.1) is 0 Å². The highest BCUT2D eigenvalue weighted by molar-refractivity contribution is 6.42. The van der Waals surface area contributed by atoms with Crippen molar-refractivity contribution in [2.75, 3.05) is 18.6 Å². The van der Waals surface area contributed by atoms with Crippen LogP contribution in [0.2, 0.25) is 10.0 Å². The van der Waals surface area contributed by atoms with E-state index in [1.165, 1.54) is 0 Å². The lowest BCUT2D eigenvalue weighted by Crippen LogP contribution is -2.32. The molecule has 2 heterocycles. The van der Waals surface area contributed by atoms with Crippen molar-refractivity contribution in [3.63, 3.8) is 0 Å². The Bertz CT molecular complexity index is 810. The Kier molecular flexibility index (Phi) is 4.36. The first-order chi connectivity index (χ1) is 12.1. The first-order valence-electron chi connectivity index (χ1n) is 8.28. The molecule has 0 aliphatic carbocycles. The number of nitrogens with zero attached hydrogens (tertiary/aromatic N) is 2. The number of hydrogen-bond acceptors (Lipinski definition) is 3. The summed E-state index contributed by atoms with van der Waals surface area (Å²) in [7, 11) is 1.65. The molecule has 2 aliphatic rings. The quantitative estimate of drug-likeness (QED) is 0.789. The van der Waals surface area contributed by atoms with Gasteiger partial charge >= 0.3 is 0 Å². The molecule has 2 saturated heterocycles. The third-order valence-electron chi connectivity index (χ3n) is 4.97. The van der Waals surface area contributed by atoms with Crippen molar-refractivity contribution in [2.45, 2.75) is 25.0 Å². The molecule has 2 aliphatic heterocycles. The van der Waals surface area contributed by atoms with Crippen molar-refractivity contribution < 1.29 is 9.53 Å². The lowest BCUT2D eigenvalue weighted by atomic mass is 10.1. The fourth-order valence-electron chi connectivity index (χ4n) is 3.80. The van der Waals surface area contributed by atoms with E-state index in [4.69, 9.17) is 27.9 Å². The zero-order chi connectivity index (χ0) is 17.6. The second-order valence-corrected chi connectivity index (χ2v) is 7.16. The number of rotatable bonds is 3. The number of ether oxygens (including phenoxy) is 1. The fourth-order valence-corrected chi connectivity index (χ4v) is 4.09. The van der Waals surface area contributed by atoms with Crippen LogP contribution in [0.3, 0.4) is 0 Å². The summed E-state index contributed by atoms with van der Waals surface area (Å²) in [5.74, 6) is 0.920. The van der Waals surface area contributed by atoms with Gasteiger partial charge in [-0.2, -0.15) is 0 Å². The van der Waals surface area contributed by atoms with E-state index >= 15 is 0 Å². The number of halogens is 2. The average Bonchev–Trinajstić information content (AvgIpc) is 3.20. The summed E-state index contributed by atoms with van der Waals surface area (Å²) in [5.41, 5.74) is 1.83. The molecular formula is C19H18Cl2N2O2.